The molecule has 0 unspecified atom stereocenters. The summed E-state index contributed by atoms with van der Waals surface area (Å²) in [5, 5.41) is 16.3. The van der Waals surface area contributed by atoms with E-state index in [2.05, 4.69) is 10.6 Å². The highest BCUT2D eigenvalue weighted by Gasteiger charge is 2.44. The van der Waals surface area contributed by atoms with Crippen LogP contribution in [0.3, 0.4) is 0 Å². The zero-order chi connectivity index (χ0) is 21.0. The number of hydrogen-bond donors (Lipinski definition) is 3. The Balaban J connectivity index is 1.64. The van der Waals surface area contributed by atoms with Gasteiger partial charge >= 0.3 is 12.0 Å². The van der Waals surface area contributed by atoms with Crippen LogP contribution in [0.5, 0.6) is 0 Å². The number of anilines is 1. The van der Waals surface area contributed by atoms with E-state index in [1.807, 2.05) is 0 Å². The molecule has 3 N–H and O–H groups in total. The number of urea groups is 1. The molecular formula is C21H22ClN3O5. The third-order valence-electron chi connectivity index (χ3n) is 6.55. The minimum Gasteiger partial charge on any atom is -0.480 e. The van der Waals surface area contributed by atoms with Gasteiger partial charge in [0.05, 0.1) is 16.2 Å². The second-order valence-corrected chi connectivity index (χ2v) is 8.76. The summed E-state index contributed by atoms with van der Waals surface area (Å²) in [5.74, 6) is -1.36. The number of halogens is 1. The van der Waals surface area contributed by atoms with Gasteiger partial charge in [0.2, 0.25) is 0 Å². The van der Waals surface area contributed by atoms with Crippen molar-refractivity contribution in [2.24, 2.45) is 0 Å². The SMILES string of the molecule is O=C1Nc2c(Cl)cc3cc(C(=O)N4CCC[C@@H]4C(=O)O)oc3c2C2(CCCCC2)N1. The number of carbonyl (C=O) groups is 3. The molecule has 1 aliphatic carbocycles. The molecule has 1 aromatic carbocycles. The quantitative estimate of drug-likeness (QED) is 0.663. The molecule has 1 aromatic heterocycles. The maximum absolute atomic E-state index is 13.1. The number of aliphatic carboxylic acids is 1. The topological polar surface area (TPSA) is 112 Å². The maximum Gasteiger partial charge on any atom is 0.326 e. The number of furan rings is 1. The van der Waals surface area contributed by atoms with Crippen LogP contribution >= 0.6 is 11.6 Å². The van der Waals surface area contributed by atoms with E-state index in [4.69, 9.17) is 16.0 Å². The number of likely N-dealkylation sites (tertiary alicyclic amines) is 1. The van der Waals surface area contributed by atoms with E-state index in [0.717, 1.165) is 37.7 Å². The number of nitrogens with zero attached hydrogens (tertiary/aromatic N) is 1. The maximum atomic E-state index is 13.1. The molecule has 1 atom stereocenters. The Morgan fingerprint density at radius 1 is 1.20 bits per heavy atom. The minimum absolute atomic E-state index is 0.0884. The third-order valence-corrected chi connectivity index (χ3v) is 6.84. The van der Waals surface area contributed by atoms with Crippen LogP contribution in [0.25, 0.3) is 11.0 Å². The van der Waals surface area contributed by atoms with Crippen LogP contribution in [0.15, 0.2) is 16.5 Å². The summed E-state index contributed by atoms with van der Waals surface area (Å²) in [6.45, 7) is 0.382. The van der Waals surface area contributed by atoms with E-state index in [1.165, 1.54) is 4.90 Å². The predicted octanol–water partition coefficient (Wildman–Crippen LogP) is 4.07. The average Bonchev–Trinajstić information content (AvgIpc) is 3.35. The fraction of sp³-hybridized carbons (Fsp3) is 0.476. The van der Waals surface area contributed by atoms with Gasteiger partial charge in [-0.3, -0.25) is 4.79 Å². The van der Waals surface area contributed by atoms with Gasteiger partial charge in [0.1, 0.15) is 11.6 Å². The van der Waals surface area contributed by atoms with Crippen molar-refractivity contribution in [3.05, 3.63) is 28.5 Å². The molecule has 1 saturated heterocycles. The van der Waals surface area contributed by atoms with Gasteiger partial charge in [0, 0.05) is 17.5 Å². The highest BCUT2D eigenvalue weighted by atomic mass is 35.5. The lowest BCUT2D eigenvalue weighted by atomic mass is 9.74. The van der Waals surface area contributed by atoms with E-state index in [1.54, 1.807) is 12.1 Å². The molecule has 3 heterocycles. The van der Waals surface area contributed by atoms with E-state index in [0.29, 0.717) is 41.1 Å². The van der Waals surface area contributed by atoms with Crippen molar-refractivity contribution in [1.82, 2.24) is 10.2 Å². The van der Waals surface area contributed by atoms with E-state index >= 15 is 0 Å². The molecule has 2 aromatic rings. The van der Waals surface area contributed by atoms with E-state index in [9.17, 15) is 19.5 Å². The molecule has 9 heteroatoms. The zero-order valence-electron chi connectivity index (χ0n) is 16.3. The van der Waals surface area contributed by atoms with Crippen LogP contribution in [0, 0.1) is 0 Å². The van der Waals surface area contributed by atoms with Crippen molar-refractivity contribution >= 4 is 46.2 Å². The number of nitrogens with one attached hydrogen (secondary N) is 2. The molecule has 158 valence electrons. The molecule has 30 heavy (non-hydrogen) atoms. The Kier molecular flexibility index (Phi) is 4.43. The van der Waals surface area contributed by atoms with Crippen LogP contribution in [0.1, 0.15) is 61.1 Å². The Morgan fingerprint density at radius 3 is 2.70 bits per heavy atom. The molecule has 2 aliphatic heterocycles. The smallest absolute Gasteiger partial charge is 0.326 e. The minimum atomic E-state index is -1.01. The number of hydrogen-bond acceptors (Lipinski definition) is 4. The number of carboxylic acids is 1. The standard InChI is InChI=1S/C21H22ClN3O5/c22-12-9-11-10-14(18(26)25-8-4-5-13(25)19(27)28)30-17(11)15-16(12)23-20(29)24-21(15)6-2-1-3-7-21/h9-10,13H,1-8H2,(H,27,28)(H2,23,24,29)/t13-/m1/s1. The number of rotatable bonds is 2. The number of fused-ring (bicyclic) bond motifs is 4. The van der Waals surface area contributed by atoms with Crippen molar-refractivity contribution in [2.75, 3.05) is 11.9 Å². The molecule has 5 rings (SSSR count). The van der Waals surface area contributed by atoms with Crippen LogP contribution in [-0.2, 0) is 10.3 Å². The van der Waals surface area contributed by atoms with Gasteiger partial charge in [-0.1, -0.05) is 30.9 Å². The van der Waals surface area contributed by atoms with Gasteiger partial charge in [-0.2, -0.15) is 0 Å². The second-order valence-electron chi connectivity index (χ2n) is 8.35. The van der Waals surface area contributed by atoms with Crippen LogP contribution in [0.4, 0.5) is 10.5 Å². The monoisotopic (exact) mass is 431 g/mol. The van der Waals surface area contributed by atoms with Gasteiger partial charge in [-0.25, -0.2) is 9.59 Å². The molecule has 1 saturated carbocycles. The first kappa shape index (κ1) is 19.2. The number of benzene rings is 1. The first-order valence-corrected chi connectivity index (χ1v) is 10.7. The van der Waals surface area contributed by atoms with Crippen LogP contribution in [-0.4, -0.2) is 40.5 Å². The molecule has 2 fully saturated rings. The van der Waals surface area contributed by atoms with Crippen LogP contribution in [0.2, 0.25) is 5.02 Å². The third kappa shape index (κ3) is 2.85. The van der Waals surface area contributed by atoms with Crippen molar-refractivity contribution in [2.45, 2.75) is 56.5 Å². The second kappa shape index (κ2) is 6.91. The Hall–Kier alpha value is -2.74. The first-order valence-electron chi connectivity index (χ1n) is 10.3. The van der Waals surface area contributed by atoms with Gasteiger partial charge < -0.3 is 25.1 Å². The number of carboxylic acid groups (broad SMARTS) is 1. The predicted molar refractivity (Wildman–Crippen MR) is 110 cm³/mol. The Morgan fingerprint density at radius 2 is 1.97 bits per heavy atom. The molecule has 0 bridgehead atoms. The number of carbonyl (C=O) groups excluding carboxylic acids is 2. The lowest BCUT2D eigenvalue weighted by molar-refractivity contribution is -0.141. The van der Waals surface area contributed by atoms with Crippen molar-refractivity contribution < 1.29 is 23.9 Å². The average molecular weight is 432 g/mol. The van der Waals surface area contributed by atoms with Gasteiger partial charge in [0.15, 0.2) is 5.76 Å². The summed E-state index contributed by atoms with van der Waals surface area (Å²) in [6, 6.07) is 2.16. The molecule has 3 aliphatic rings. The van der Waals surface area contributed by atoms with E-state index < -0.39 is 23.5 Å². The summed E-state index contributed by atoms with van der Waals surface area (Å²) < 4.78 is 6.05. The highest BCUT2D eigenvalue weighted by Crippen LogP contribution is 2.49. The van der Waals surface area contributed by atoms with Gasteiger partial charge in [-0.05, 0) is 37.8 Å². The van der Waals surface area contributed by atoms with E-state index in [-0.39, 0.29) is 11.8 Å². The zero-order valence-corrected chi connectivity index (χ0v) is 17.1. The van der Waals surface area contributed by atoms with Gasteiger partial charge in [0.25, 0.3) is 5.91 Å². The van der Waals surface area contributed by atoms with Crippen molar-refractivity contribution in [1.29, 1.82) is 0 Å². The highest BCUT2D eigenvalue weighted by molar-refractivity contribution is 6.35. The molecule has 1 spiro atoms. The molecular weight excluding hydrogens is 410 g/mol. The molecule has 3 amide bonds. The molecule has 8 nitrogen and oxygen atoms in total. The normalized spacial score (nSPS) is 22.6. The van der Waals surface area contributed by atoms with Crippen molar-refractivity contribution in [3.8, 4) is 0 Å². The fourth-order valence-corrected chi connectivity index (χ4v) is 5.46. The summed E-state index contributed by atoms with van der Waals surface area (Å²) in [7, 11) is 0. The first-order chi connectivity index (χ1) is 14.4. The number of amides is 3. The van der Waals surface area contributed by atoms with Gasteiger partial charge in [-0.15, -0.1) is 0 Å². The fourth-order valence-electron chi connectivity index (χ4n) is 5.20. The summed E-state index contributed by atoms with van der Waals surface area (Å²) in [6.07, 6.45) is 5.63. The largest absolute Gasteiger partial charge is 0.480 e. The molecule has 0 radical (unpaired) electrons. The Labute approximate surface area is 177 Å². The van der Waals surface area contributed by atoms with Crippen LogP contribution < -0.4 is 10.6 Å². The lowest BCUT2D eigenvalue weighted by Crippen LogP contribution is -2.52. The summed E-state index contributed by atoms with van der Waals surface area (Å²) >= 11 is 6.51. The van der Waals surface area contributed by atoms with Crippen molar-refractivity contribution in [3.63, 3.8) is 0 Å². The summed E-state index contributed by atoms with van der Waals surface area (Å²) in [5.41, 5.74) is 1.22. The summed E-state index contributed by atoms with van der Waals surface area (Å²) in [4.78, 5) is 38.3. The lowest BCUT2D eigenvalue weighted by Gasteiger charge is -2.42. The Bertz CT molecular complexity index is 1070.